The zero-order valence-corrected chi connectivity index (χ0v) is 7.39. The lowest BCUT2D eigenvalue weighted by Gasteiger charge is -1.98. The van der Waals surface area contributed by atoms with Crippen molar-refractivity contribution in [1.82, 2.24) is 14.8 Å². The summed E-state index contributed by atoms with van der Waals surface area (Å²) in [5, 5.41) is 4.09. The summed E-state index contributed by atoms with van der Waals surface area (Å²) >= 11 is 0. The molecule has 0 atom stereocenters. The molecule has 0 aliphatic carbocycles. The van der Waals surface area contributed by atoms with Crippen molar-refractivity contribution in [1.29, 1.82) is 0 Å². The van der Waals surface area contributed by atoms with Crippen LogP contribution < -0.4 is 0 Å². The van der Waals surface area contributed by atoms with E-state index in [1.807, 2.05) is 0 Å². The van der Waals surface area contributed by atoms with Gasteiger partial charge >= 0.3 is 0 Å². The third kappa shape index (κ3) is 1.54. The van der Waals surface area contributed by atoms with Crippen molar-refractivity contribution in [2.75, 3.05) is 0 Å². The minimum Gasteiger partial charge on any atom is -0.220 e. The Bertz CT molecular complexity index is 445. The predicted octanol–water partition coefficient (Wildman–Crippen LogP) is 2.05. The molecular weight excluding hydrogens is 181 g/mol. The Morgan fingerprint density at radius 1 is 1.29 bits per heavy atom. The van der Waals surface area contributed by atoms with Gasteiger partial charge in [-0.1, -0.05) is 6.58 Å². The van der Waals surface area contributed by atoms with Gasteiger partial charge in [0, 0.05) is 0 Å². The maximum absolute atomic E-state index is 12.6. The highest BCUT2D eigenvalue weighted by Gasteiger charge is 1.99. The van der Waals surface area contributed by atoms with Crippen molar-refractivity contribution in [3.8, 4) is 5.69 Å². The molecule has 0 aliphatic rings. The van der Waals surface area contributed by atoms with Crippen molar-refractivity contribution >= 4 is 6.08 Å². The van der Waals surface area contributed by atoms with Gasteiger partial charge in [0.2, 0.25) is 0 Å². The summed E-state index contributed by atoms with van der Waals surface area (Å²) in [5.74, 6) is 0.284. The van der Waals surface area contributed by atoms with Gasteiger partial charge in [-0.15, -0.1) is 5.10 Å². The zero-order chi connectivity index (χ0) is 9.97. The van der Waals surface area contributed by atoms with Gasteiger partial charge in [0.15, 0.2) is 5.82 Å². The molecule has 0 radical (unpaired) electrons. The van der Waals surface area contributed by atoms with E-state index in [0.717, 1.165) is 5.69 Å². The van der Waals surface area contributed by atoms with Crippen LogP contribution in [0.3, 0.4) is 0 Å². The quantitative estimate of drug-likeness (QED) is 0.723. The van der Waals surface area contributed by atoms with E-state index in [1.54, 1.807) is 29.2 Å². The highest BCUT2D eigenvalue weighted by molar-refractivity contribution is 5.36. The lowest BCUT2D eigenvalue weighted by atomic mass is 10.3. The Kier molecular flexibility index (Phi) is 2.10. The highest BCUT2D eigenvalue weighted by atomic mass is 19.1. The van der Waals surface area contributed by atoms with Crippen molar-refractivity contribution in [2.24, 2.45) is 0 Å². The van der Waals surface area contributed by atoms with Gasteiger partial charge in [0.25, 0.3) is 0 Å². The van der Waals surface area contributed by atoms with Crippen molar-refractivity contribution < 1.29 is 4.39 Å². The van der Waals surface area contributed by atoms with Crippen LogP contribution in [0.25, 0.3) is 11.8 Å². The summed E-state index contributed by atoms with van der Waals surface area (Å²) in [7, 11) is 0. The minimum absolute atomic E-state index is 0.266. The van der Waals surface area contributed by atoms with E-state index in [9.17, 15) is 4.39 Å². The van der Waals surface area contributed by atoms with Crippen molar-refractivity contribution in [3.05, 3.63) is 48.8 Å². The molecular formula is C10H8FN3. The Balaban J connectivity index is 2.39. The van der Waals surface area contributed by atoms with E-state index in [4.69, 9.17) is 0 Å². The maximum atomic E-state index is 12.6. The molecule has 0 amide bonds. The Hall–Kier alpha value is -1.97. The second kappa shape index (κ2) is 3.41. The molecule has 0 unspecified atom stereocenters. The van der Waals surface area contributed by atoms with E-state index in [0.29, 0.717) is 5.82 Å². The van der Waals surface area contributed by atoms with Gasteiger partial charge in [-0.2, -0.15) is 0 Å². The van der Waals surface area contributed by atoms with E-state index in [-0.39, 0.29) is 5.82 Å². The number of rotatable bonds is 2. The fraction of sp³-hybridized carbons (Fsp3) is 0. The first kappa shape index (κ1) is 8.62. The molecule has 2 aromatic rings. The largest absolute Gasteiger partial charge is 0.220 e. The molecule has 4 heteroatoms. The monoisotopic (exact) mass is 189 g/mol. The summed E-state index contributed by atoms with van der Waals surface area (Å²) < 4.78 is 14.2. The summed E-state index contributed by atoms with van der Waals surface area (Å²) in [6.07, 6.45) is 3.12. The van der Waals surface area contributed by atoms with E-state index < -0.39 is 0 Å². The molecule has 0 aliphatic heterocycles. The third-order valence-electron chi connectivity index (χ3n) is 1.78. The van der Waals surface area contributed by atoms with Crippen molar-refractivity contribution in [2.45, 2.75) is 0 Å². The molecule has 1 heterocycles. The molecule has 14 heavy (non-hydrogen) atoms. The summed E-state index contributed by atoms with van der Waals surface area (Å²) in [6.45, 7) is 3.55. The summed E-state index contributed by atoms with van der Waals surface area (Å²) in [4.78, 5) is 3.97. The average molecular weight is 189 g/mol. The molecule has 0 saturated heterocycles. The average Bonchev–Trinajstić information content (AvgIpc) is 2.67. The lowest BCUT2D eigenvalue weighted by Crippen LogP contribution is -1.94. The van der Waals surface area contributed by atoms with Crippen LogP contribution in [-0.4, -0.2) is 14.8 Å². The lowest BCUT2D eigenvalue weighted by molar-refractivity contribution is 0.627. The SMILES string of the molecule is C=Cc1ncn(-c2ccc(F)cc2)n1. The van der Waals surface area contributed by atoms with Crippen LogP contribution in [0.5, 0.6) is 0 Å². The first-order valence-electron chi connectivity index (χ1n) is 4.09. The molecule has 70 valence electrons. The third-order valence-corrected chi connectivity index (χ3v) is 1.78. The first-order chi connectivity index (χ1) is 6.79. The van der Waals surface area contributed by atoms with Gasteiger partial charge in [-0.3, -0.25) is 0 Å². The standard InChI is InChI=1S/C10H8FN3/c1-2-10-12-7-14(13-10)9-5-3-8(11)4-6-9/h2-7H,1H2. The fourth-order valence-corrected chi connectivity index (χ4v) is 1.09. The molecule has 0 N–H and O–H groups in total. The van der Waals surface area contributed by atoms with Gasteiger partial charge < -0.3 is 0 Å². The second-order valence-electron chi connectivity index (χ2n) is 2.73. The number of hydrogen-bond donors (Lipinski definition) is 0. The van der Waals surface area contributed by atoms with Gasteiger partial charge in [-0.25, -0.2) is 14.1 Å². The number of nitrogens with zero attached hydrogens (tertiary/aromatic N) is 3. The maximum Gasteiger partial charge on any atom is 0.173 e. The van der Waals surface area contributed by atoms with Crippen LogP contribution in [0, 0.1) is 5.82 Å². The van der Waals surface area contributed by atoms with Crippen LogP contribution >= 0.6 is 0 Å². The molecule has 0 fully saturated rings. The van der Waals surface area contributed by atoms with Crippen molar-refractivity contribution in [3.63, 3.8) is 0 Å². The minimum atomic E-state index is -0.266. The molecule has 0 saturated carbocycles. The Labute approximate surface area is 80.5 Å². The van der Waals surface area contributed by atoms with Crippen LogP contribution in [0.2, 0.25) is 0 Å². The molecule has 1 aromatic carbocycles. The Morgan fingerprint density at radius 3 is 2.57 bits per heavy atom. The Morgan fingerprint density at radius 2 is 2.00 bits per heavy atom. The smallest absolute Gasteiger partial charge is 0.173 e. The van der Waals surface area contributed by atoms with Crippen LogP contribution in [0.4, 0.5) is 4.39 Å². The van der Waals surface area contributed by atoms with Gasteiger partial charge in [0.05, 0.1) is 5.69 Å². The molecule has 0 bridgehead atoms. The number of benzene rings is 1. The zero-order valence-electron chi connectivity index (χ0n) is 7.39. The van der Waals surface area contributed by atoms with E-state index >= 15 is 0 Å². The molecule has 1 aromatic heterocycles. The van der Waals surface area contributed by atoms with Gasteiger partial charge in [-0.05, 0) is 30.3 Å². The topological polar surface area (TPSA) is 30.7 Å². The van der Waals surface area contributed by atoms with E-state index in [2.05, 4.69) is 16.7 Å². The number of hydrogen-bond acceptors (Lipinski definition) is 2. The highest BCUT2D eigenvalue weighted by Crippen LogP contribution is 2.07. The fourth-order valence-electron chi connectivity index (χ4n) is 1.09. The predicted molar refractivity (Wildman–Crippen MR) is 51.4 cm³/mol. The van der Waals surface area contributed by atoms with Gasteiger partial charge in [0.1, 0.15) is 12.1 Å². The van der Waals surface area contributed by atoms with Crippen LogP contribution in [0.1, 0.15) is 5.82 Å². The van der Waals surface area contributed by atoms with Crippen LogP contribution in [-0.2, 0) is 0 Å². The van der Waals surface area contributed by atoms with E-state index in [1.165, 1.54) is 12.1 Å². The first-order valence-corrected chi connectivity index (χ1v) is 4.09. The molecule has 2 rings (SSSR count). The number of aromatic nitrogens is 3. The summed E-state index contributed by atoms with van der Waals surface area (Å²) in [5.41, 5.74) is 0.770. The number of halogens is 1. The van der Waals surface area contributed by atoms with Crippen LogP contribution in [0.15, 0.2) is 37.2 Å². The second-order valence-corrected chi connectivity index (χ2v) is 2.73. The normalized spacial score (nSPS) is 10.1. The molecule has 3 nitrogen and oxygen atoms in total. The summed E-state index contributed by atoms with van der Waals surface area (Å²) in [6, 6.07) is 6.03. The molecule has 0 spiro atoms.